The Labute approximate surface area is 116 Å². The molecule has 1 aromatic carbocycles. The first-order valence-electron chi connectivity index (χ1n) is 6.53. The predicted molar refractivity (Wildman–Crippen MR) is 72.1 cm³/mol. The minimum Gasteiger partial charge on any atom is -0.481 e. The number of likely N-dealkylation sites (tertiary alicyclic amines) is 1. The molecule has 2 N–H and O–H groups in total. The van der Waals surface area contributed by atoms with E-state index in [1.165, 1.54) is 11.0 Å². The Morgan fingerprint density at radius 2 is 2.20 bits per heavy atom. The smallest absolute Gasteiger partial charge is 0.321 e. The van der Waals surface area contributed by atoms with Gasteiger partial charge in [0.25, 0.3) is 0 Å². The quantitative estimate of drug-likeness (QED) is 0.874. The number of rotatable bonds is 2. The molecular formula is C14H17FN2O3. The molecule has 0 aliphatic carbocycles. The molecule has 1 saturated heterocycles. The molecular weight excluding hydrogens is 263 g/mol. The number of carboxylic acid groups (broad SMARTS) is 1. The molecule has 1 heterocycles. The Hall–Kier alpha value is -2.11. The van der Waals surface area contributed by atoms with E-state index in [4.69, 9.17) is 5.11 Å². The van der Waals surface area contributed by atoms with Crippen molar-refractivity contribution >= 4 is 17.7 Å². The molecule has 0 radical (unpaired) electrons. The van der Waals surface area contributed by atoms with Gasteiger partial charge < -0.3 is 15.3 Å². The van der Waals surface area contributed by atoms with Gasteiger partial charge in [0.2, 0.25) is 0 Å². The summed E-state index contributed by atoms with van der Waals surface area (Å²) in [4.78, 5) is 24.5. The number of para-hydroxylation sites is 1. The fraction of sp³-hybridized carbons (Fsp3) is 0.429. The van der Waals surface area contributed by atoms with Crippen molar-refractivity contribution in [3.8, 4) is 0 Å². The highest BCUT2D eigenvalue weighted by Crippen LogP contribution is 2.21. The zero-order chi connectivity index (χ0) is 14.7. The van der Waals surface area contributed by atoms with Crippen LogP contribution in [0.4, 0.5) is 14.9 Å². The predicted octanol–water partition coefficient (Wildman–Crippen LogP) is 2.46. The first-order chi connectivity index (χ1) is 9.49. The number of nitrogens with one attached hydrogen (secondary N) is 1. The lowest BCUT2D eigenvalue weighted by molar-refractivity contribution is -0.143. The molecule has 2 rings (SSSR count). The van der Waals surface area contributed by atoms with E-state index in [1.807, 2.05) is 0 Å². The summed E-state index contributed by atoms with van der Waals surface area (Å²) >= 11 is 0. The second-order valence-electron chi connectivity index (χ2n) is 4.99. The highest BCUT2D eigenvalue weighted by atomic mass is 19.1. The summed E-state index contributed by atoms with van der Waals surface area (Å²) in [6, 6.07) is 4.10. The minimum atomic E-state index is -0.899. The lowest BCUT2D eigenvalue weighted by Gasteiger charge is -2.30. The van der Waals surface area contributed by atoms with E-state index in [9.17, 15) is 14.0 Å². The van der Waals surface area contributed by atoms with E-state index in [-0.39, 0.29) is 12.2 Å². The summed E-state index contributed by atoms with van der Waals surface area (Å²) in [5.74, 6) is -1.94. The van der Waals surface area contributed by atoms with Crippen LogP contribution in [-0.4, -0.2) is 35.1 Å². The highest BCUT2D eigenvalue weighted by molar-refractivity contribution is 5.90. The Balaban J connectivity index is 2.06. The number of nitrogens with zero attached hydrogens (tertiary/aromatic N) is 1. The number of piperidine rings is 1. The molecule has 0 bridgehead atoms. The number of carboxylic acids is 1. The van der Waals surface area contributed by atoms with Crippen LogP contribution in [0.2, 0.25) is 0 Å². The van der Waals surface area contributed by atoms with Crippen LogP contribution in [0.1, 0.15) is 18.4 Å². The van der Waals surface area contributed by atoms with Gasteiger partial charge in [0.05, 0.1) is 11.6 Å². The number of carbonyl (C=O) groups excluding carboxylic acids is 1. The van der Waals surface area contributed by atoms with Gasteiger partial charge in [0, 0.05) is 13.1 Å². The first-order valence-corrected chi connectivity index (χ1v) is 6.53. The van der Waals surface area contributed by atoms with E-state index >= 15 is 0 Å². The van der Waals surface area contributed by atoms with Crippen LogP contribution < -0.4 is 5.32 Å². The lowest BCUT2D eigenvalue weighted by atomic mass is 9.99. The molecule has 20 heavy (non-hydrogen) atoms. The van der Waals surface area contributed by atoms with Crippen molar-refractivity contribution in [2.45, 2.75) is 19.8 Å². The maximum absolute atomic E-state index is 13.7. The van der Waals surface area contributed by atoms with E-state index in [2.05, 4.69) is 5.32 Å². The molecule has 0 unspecified atom stereocenters. The molecule has 0 saturated carbocycles. The first kappa shape index (κ1) is 14.3. The van der Waals surface area contributed by atoms with Crippen molar-refractivity contribution in [3.63, 3.8) is 0 Å². The molecule has 1 fully saturated rings. The van der Waals surface area contributed by atoms with Crippen molar-refractivity contribution in [3.05, 3.63) is 29.6 Å². The van der Waals surface area contributed by atoms with Crippen LogP contribution in [0.3, 0.4) is 0 Å². The number of hydrogen-bond donors (Lipinski definition) is 2. The standard InChI is InChI=1S/C14H17FN2O3/c1-9-4-2-6-11(15)12(9)16-14(20)17-7-3-5-10(8-17)13(18)19/h2,4,6,10H,3,5,7-8H2,1H3,(H,16,20)(H,18,19)/t10-/m0/s1. The number of halogens is 1. The maximum atomic E-state index is 13.7. The number of urea groups is 1. The summed E-state index contributed by atoms with van der Waals surface area (Å²) in [6.45, 7) is 2.35. The second-order valence-corrected chi connectivity index (χ2v) is 4.99. The summed E-state index contributed by atoms with van der Waals surface area (Å²) in [5.41, 5.74) is 0.778. The van der Waals surface area contributed by atoms with Crippen LogP contribution in [0, 0.1) is 18.7 Å². The van der Waals surface area contributed by atoms with Crippen LogP contribution in [0.15, 0.2) is 18.2 Å². The molecule has 1 aliphatic rings. The van der Waals surface area contributed by atoms with Gasteiger partial charge in [-0.25, -0.2) is 9.18 Å². The number of hydrogen-bond acceptors (Lipinski definition) is 2. The van der Waals surface area contributed by atoms with Gasteiger partial charge in [-0.2, -0.15) is 0 Å². The second kappa shape index (κ2) is 5.90. The molecule has 1 aromatic rings. The van der Waals surface area contributed by atoms with Crippen molar-refractivity contribution in [2.24, 2.45) is 5.92 Å². The van der Waals surface area contributed by atoms with Gasteiger partial charge >= 0.3 is 12.0 Å². The van der Waals surface area contributed by atoms with E-state index in [0.717, 1.165) is 0 Å². The molecule has 1 atom stereocenters. The zero-order valence-corrected chi connectivity index (χ0v) is 11.2. The fourth-order valence-corrected chi connectivity index (χ4v) is 2.34. The molecule has 0 aromatic heterocycles. The number of aryl methyl sites for hydroxylation is 1. The molecule has 0 spiro atoms. The van der Waals surface area contributed by atoms with Gasteiger partial charge in [-0.15, -0.1) is 0 Å². The third-order valence-corrected chi connectivity index (χ3v) is 3.51. The van der Waals surface area contributed by atoms with Crippen LogP contribution >= 0.6 is 0 Å². The van der Waals surface area contributed by atoms with Gasteiger partial charge in [-0.3, -0.25) is 4.79 Å². The van der Waals surface area contributed by atoms with Crippen molar-refractivity contribution in [1.29, 1.82) is 0 Å². The van der Waals surface area contributed by atoms with Crippen molar-refractivity contribution < 1.29 is 19.1 Å². The molecule has 2 amide bonds. The minimum absolute atomic E-state index is 0.148. The lowest BCUT2D eigenvalue weighted by Crippen LogP contribution is -2.44. The van der Waals surface area contributed by atoms with E-state index in [1.54, 1.807) is 19.1 Å². The summed E-state index contributed by atoms with van der Waals surface area (Å²) in [6.07, 6.45) is 1.21. The average Bonchev–Trinajstić information content (AvgIpc) is 2.43. The maximum Gasteiger partial charge on any atom is 0.321 e. The summed E-state index contributed by atoms with van der Waals surface area (Å²) in [5, 5.41) is 11.5. The highest BCUT2D eigenvalue weighted by Gasteiger charge is 2.28. The molecule has 6 heteroatoms. The van der Waals surface area contributed by atoms with Crippen LogP contribution in [0.5, 0.6) is 0 Å². The Kier molecular flexibility index (Phi) is 4.22. The summed E-state index contributed by atoms with van der Waals surface area (Å²) in [7, 11) is 0. The number of aliphatic carboxylic acids is 1. The SMILES string of the molecule is Cc1cccc(F)c1NC(=O)N1CCC[C@H](C(=O)O)C1. The third kappa shape index (κ3) is 3.07. The van der Waals surface area contributed by atoms with E-state index in [0.29, 0.717) is 24.9 Å². The Bertz CT molecular complexity index is 513. The van der Waals surface area contributed by atoms with Gasteiger partial charge in [0.1, 0.15) is 5.82 Å². The number of amides is 2. The Morgan fingerprint density at radius 3 is 2.85 bits per heavy atom. The van der Waals surface area contributed by atoms with Crippen LogP contribution in [-0.2, 0) is 4.79 Å². The molecule has 1 aliphatic heterocycles. The summed E-state index contributed by atoms with van der Waals surface area (Å²) < 4.78 is 13.7. The van der Waals surface area contributed by atoms with Crippen molar-refractivity contribution in [2.75, 3.05) is 18.4 Å². The monoisotopic (exact) mass is 280 g/mol. The third-order valence-electron chi connectivity index (χ3n) is 3.51. The molecule has 5 nitrogen and oxygen atoms in total. The number of anilines is 1. The van der Waals surface area contributed by atoms with E-state index < -0.39 is 23.7 Å². The van der Waals surface area contributed by atoms with Gasteiger partial charge in [0.15, 0.2) is 0 Å². The number of carbonyl (C=O) groups is 2. The molecule has 108 valence electrons. The fourth-order valence-electron chi connectivity index (χ4n) is 2.34. The Morgan fingerprint density at radius 1 is 1.45 bits per heavy atom. The number of benzene rings is 1. The zero-order valence-electron chi connectivity index (χ0n) is 11.2. The van der Waals surface area contributed by atoms with Gasteiger partial charge in [-0.05, 0) is 31.4 Å². The topological polar surface area (TPSA) is 69.6 Å². The largest absolute Gasteiger partial charge is 0.481 e. The van der Waals surface area contributed by atoms with Crippen molar-refractivity contribution in [1.82, 2.24) is 4.90 Å². The van der Waals surface area contributed by atoms with Crippen LogP contribution in [0.25, 0.3) is 0 Å². The average molecular weight is 280 g/mol. The normalized spacial score (nSPS) is 18.7. The van der Waals surface area contributed by atoms with Gasteiger partial charge in [-0.1, -0.05) is 12.1 Å².